The molecule has 3 aromatic rings. The summed E-state index contributed by atoms with van der Waals surface area (Å²) in [5, 5.41) is 13.9. The van der Waals surface area contributed by atoms with Crippen LogP contribution in [0.3, 0.4) is 0 Å². The first-order valence-electron chi connectivity index (χ1n) is 7.36. The molecule has 2 N–H and O–H groups in total. The van der Waals surface area contributed by atoms with E-state index in [0.29, 0.717) is 12.1 Å². The van der Waals surface area contributed by atoms with Crippen LogP contribution in [0.4, 0.5) is 8.78 Å². The van der Waals surface area contributed by atoms with Gasteiger partial charge in [-0.25, -0.2) is 8.78 Å². The van der Waals surface area contributed by atoms with Gasteiger partial charge in [-0.2, -0.15) is 10.2 Å². The summed E-state index contributed by atoms with van der Waals surface area (Å²) in [6.45, 7) is 2.24. The summed E-state index contributed by atoms with van der Waals surface area (Å²) >= 11 is 5.63. The van der Waals surface area contributed by atoms with Gasteiger partial charge in [-0.05, 0) is 19.1 Å². The van der Waals surface area contributed by atoms with Crippen molar-refractivity contribution < 1.29 is 8.78 Å². The molecule has 0 saturated carbocycles. The van der Waals surface area contributed by atoms with E-state index in [2.05, 4.69) is 20.6 Å². The normalized spacial score (nSPS) is 12.5. The Hall–Kier alpha value is -2.25. The van der Waals surface area contributed by atoms with Crippen molar-refractivity contribution >= 4 is 11.6 Å². The molecule has 2 aromatic heterocycles. The lowest BCUT2D eigenvalue weighted by Crippen LogP contribution is -2.19. The predicted molar refractivity (Wildman–Crippen MR) is 87.4 cm³/mol. The summed E-state index contributed by atoms with van der Waals surface area (Å²) in [5.41, 5.74) is 2.96. The zero-order chi connectivity index (χ0) is 17.3. The Balaban J connectivity index is 1.77. The summed E-state index contributed by atoms with van der Waals surface area (Å²) in [6.07, 6.45) is 3.40. The molecule has 126 valence electrons. The molecule has 24 heavy (non-hydrogen) atoms. The van der Waals surface area contributed by atoms with E-state index in [9.17, 15) is 8.78 Å². The van der Waals surface area contributed by atoms with Crippen LogP contribution in [0.25, 0.3) is 11.4 Å². The van der Waals surface area contributed by atoms with Crippen LogP contribution >= 0.6 is 11.6 Å². The van der Waals surface area contributed by atoms with Gasteiger partial charge in [0.2, 0.25) is 0 Å². The predicted octanol–water partition coefficient (Wildman–Crippen LogP) is 3.59. The first-order valence-corrected chi connectivity index (χ1v) is 7.74. The second-order valence-corrected chi connectivity index (χ2v) is 5.86. The number of hydrogen-bond acceptors (Lipinski definition) is 3. The van der Waals surface area contributed by atoms with Crippen molar-refractivity contribution in [3.63, 3.8) is 0 Å². The largest absolute Gasteiger partial charge is 0.306 e. The molecule has 5 nitrogen and oxygen atoms in total. The standard InChI is InChI=1S/C16H16ClF2N5/c1-9(11-3-4-12(18)14(17)15(11)19)20-7-10-8-21-23-16(10)13-5-6-22-24(13)2/h3-6,8-9,20H,7H2,1-2H3,(H,21,23). The van der Waals surface area contributed by atoms with Crippen molar-refractivity contribution in [3.8, 4) is 11.4 Å². The molecular weight excluding hydrogens is 336 g/mol. The highest BCUT2D eigenvalue weighted by molar-refractivity contribution is 6.30. The number of aromatic amines is 1. The van der Waals surface area contributed by atoms with Gasteiger partial charge < -0.3 is 5.32 Å². The van der Waals surface area contributed by atoms with Gasteiger partial charge >= 0.3 is 0 Å². The third kappa shape index (κ3) is 3.05. The van der Waals surface area contributed by atoms with Gasteiger partial charge in [-0.3, -0.25) is 9.78 Å². The Morgan fingerprint density at radius 2 is 2.12 bits per heavy atom. The number of nitrogens with one attached hydrogen (secondary N) is 2. The van der Waals surface area contributed by atoms with Crippen molar-refractivity contribution in [1.82, 2.24) is 25.3 Å². The zero-order valence-electron chi connectivity index (χ0n) is 13.1. The average Bonchev–Trinajstić information content (AvgIpc) is 3.18. The molecule has 3 rings (SSSR count). The van der Waals surface area contributed by atoms with Crippen LogP contribution in [0.2, 0.25) is 5.02 Å². The molecule has 0 spiro atoms. The number of aromatic nitrogens is 4. The van der Waals surface area contributed by atoms with Crippen LogP contribution in [0.15, 0.2) is 30.6 Å². The first-order chi connectivity index (χ1) is 11.5. The Labute approximate surface area is 142 Å². The minimum Gasteiger partial charge on any atom is -0.306 e. The maximum atomic E-state index is 14.1. The van der Waals surface area contributed by atoms with E-state index in [1.165, 1.54) is 6.07 Å². The molecule has 0 aliphatic carbocycles. The molecule has 0 radical (unpaired) electrons. The SMILES string of the molecule is CC(NCc1cn[nH]c1-c1ccnn1C)c1ccc(F)c(Cl)c1F. The molecule has 1 unspecified atom stereocenters. The molecule has 0 aliphatic heterocycles. The van der Waals surface area contributed by atoms with Gasteiger partial charge in [0.25, 0.3) is 0 Å². The highest BCUT2D eigenvalue weighted by Crippen LogP contribution is 2.27. The molecule has 0 fully saturated rings. The van der Waals surface area contributed by atoms with Crippen LogP contribution in [0.1, 0.15) is 24.1 Å². The monoisotopic (exact) mass is 351 g/mol. The van der Waals surface area contributed by atoms with E-state index in [0.717, 1.165) is 23.0 Å². The number of aryl methyl sites for hydroxylation is 1. The number of H-pyrrole nitrogens is 1. The van der Waals surface area contributed by atoms with Gasteiger partial charge in [0.15, 0.2) is 0 Å². The lowest BCUT2D eigenvalue weighted by molar-refractivity contribution is 0.518. The van der Waals surface area contributed by atoms with Crippen molar-refractivity contribution in [1.29, 1.82) is 0 Å². The van der Waals surface area contributed by atoms with Gasteiger partial charge in [0.1, 0.15) is 16.7 Å². The summed E-state index contributed by atoms with van der Waals surface area (Å²) in [4.78, 5) is 0. The quantitative estimate of drug-likeness (QED) is 0.691. The average molecular weight is 352 g/mol. The van der Waals surface area contributed by atoms with E-state index in [1.54, 1.807) is 24.0 Å². The Morgan fingerprint density at radius 1 is 1.33 bits per heavy atom. The van der Waals surface area contributed by atoms with Gasteiger partial charge in [0, 0.05) is 37.0 Å². The highest BCUT2D eigenvalue weighted by Gasteiger charge is 2.17. The molecule has 0 aliphatic rings. The summed E-state index contributed by atoms with van der Waals surface area (Å²) in [6, 6.07) is 4.08. The van der Waals surface area contributed by atoms with Crippen molar-refractivity contribution in [2.24, 2.45) is 7.05 Å². The van der Waals surface area contributed by atoms with Gasteiger partial charge in [-0.1, -0.05) is 17.7 Å². The molecule has 8 heteroatoms. The Morgan fingerprint density at radius 3 is 2.83 bits per heavy atom. The number of rotatable bonds is 5. The summed E-state index contributed by atoms with van der Waals surface area (Å²) < 4.78 is 29.1. The maximum absolute atomic E-state index is 14.1. The van der Waals surface area contributed by atoms with E-state index < -0.39 is 16.7 Å². The second kappa shape index (κ2) is 6.70. The fraction of sp³-hybridized carbons (Fsp3) is 0.250. The van der Waals surface area contributed by atoms with Crippen molar-refractivity contribution in [2.45, 2.75) is 19.5 Å². The first kappa shape index (κ1) is 16.6. The van der Waals surface area contributed by atoms with E-state index in [4.69, 9.17) is 11.6 Å². The Bertz CT molecular complexity index is 858. The van der Waals surface area contributed by atoms with Crippen LogP contribution in [0, 0.1) is 11.6 Å². The molecule has 2 heterocycles. The number of nitrogens with zero attached hydrogens (tertiary/aromatic N) is 3. The van der Waals surface area contributed by atoms with E-state index >= 15 is 0 Å². The molecule has 0 amide bonds. The van der Waals surface area contributed by atoms with Crippen molar-refractivity contribution in [3.05, 3.63) is 58.4 Å². The second-order valence-electron chi connectivity index (χ2n) is 5.48. The number of halogens is 3. The Kier molecular flexibility index (Phi) is 4.64. The topological polar surface area (TPSA) is 58.5 Å². The summed E-state index contributed by atoms with van der Waals surface area (Å²) in [7, 11) is 1.84. The molecule has 0 bridgehead atoms. The van der Waals surface area contributed by atoms with Crippen LogP contribution in [-0.4, -0.2) is 20.0 Å². The third-order valence-corrected chi connectivity index (χ3v) is 4.27. The molecular formula is C16H16ClF2N5. The highest BCUT2D eigenvalue weighted by atomic mass is 35.5. The van der Waals surface area contributed by atoms with E-state index in [1.807, 2.05) is 13.1 Å². The fourth-order valence-corrected chi connectivity index (χ4v) is 2.71. The molecule has 1 atom stereocenters. The van der Waals surface area contributed by atoms with Crippen LogP contribution in [0.5, 0.6) is 0 Å². The van der Waals surface area contributed by atoms with Crippen LogP contribution < -0.4 is 5.32 Å². The zero-order valence-corrected chi connectivity index (χ0v) is 13.9. The molecule has 0 saturated heterocycles. The fourth-order valence-electron chi connectivity index (χ4n) is 2.53. The lowest BCUT2D eigenvalue weighted by atomic mass is 10.1. The number of benzene rings is 1. The number of hydrogen-bond donors (Lipinski definition) is 2. The lowest BCUT2D eigenvalue weighted by Gasteiger charge is -2.16. The minimum atomic E-state index is -0.765. The summed E-state index contributed by atoms with van der Waals surface area (Å²) in [5.74, 6) is -1.51. The van der Waals surface area contributed by atoms with Crippen LogP contribution in [-0.2, 0) is 13.6 Å². The van der Waals surface area contributed by atoms with E-state index in [-0.39, 0.29) is 6.04 Å². The van der Waals surface area contributed by atoms with Gasteiger partial charge in [-0.15, -0.1) is 0 Å². The van der Waals surface area contributed by atoms with Gasteiger partial charge in [0.05, 0.1) is 17.6 Å². The molecule has 1 aromatic carbocycles. The minimum absolute atomic E-state index is 0.312. The maximum Gasteiger partial charge on any atom is 0.149 e. The third-order valence-electron chi connectivity index (χ3n) is 3.93. The smallest absolute Gasteiger partial charge is 0.149 e. The van der Waals surface area contributed by atoms with Crippen molar-refractivity contribution in [2.75, 3.05) is 0 Å².